The van der Waals surface area contributed by atoms with Crippen LogP contribution in [0.15, 0.2) is 27.8 Å². The van der Waals surface area contributed by atoms with Crippen LogP contribution in [0.2, 0.25) is 0 Å². The molecule has 0 spiro atoms. The molecular formula is C16H23N4O2S+. The van der Waals surface area contributed by atoms with Gasteiger partial charge in [-0.3, -0.25) is 4.79 Å². The van der Waals surface area contributed by atoms with E-state index in [4.69, 9.17) is 4.42 Å². The molecule has 0 radical (unpaired) electrons. The number of aryl methyl sites for hydroxylation is 1. The van der Waals surface area contributed by atoms with Crippen LogP contribution in [-0.2, 0) is 4.79 Å². The van der Waals surface area contributed by atoms with Gasteiger partial charge < -0.3 is 15.5 Å². The predicted molar refractivity (Wildman–Crippen MR) is 90.0 cm³/mol. The molecule has 0 saturated heterocycles. The Bertz CT molecular complexity index is 684. The summed E-state index contributed by atoms with van der Waals surface area (Å²) in [5, 5.41) is 11.3. The molecule has 2 rings (SSSR count). The van der Waals surface area contributed by atoms with Gasteiger partial charge in [-0.2, -0.15) is 0 Å². The Morgan fingerprint density at radius 2 is 2.09 bits per heavy atom. The van der Waals surface area contributed by atoms with Crippen molar-refractivity contribution >= 4 is 23.4 Å². The summed E-state index contributed by atoms with van der Waals surface area (Å²) in [5.41, 5.74) is 7.06. The van der Waals surface area contributed by atoms with Crippen molar-refractivity contribution in [2.75, 3.05) is 11.1 Å². The van der Waals surface area contributed by atoms with Gasteiger partial charge in [0.25, 0.3) is 11.1 Å². The lowest BCUT2D eigenvalue weighted by Crippen LogP contribution is -2.56. The van der Waals surface area contributed by atoms with Gasteiger partial charge in [0, 0.05) is 11.6 Å². The van der Waals surface area contributed by atoms with Crippen LogP contribution in [0.25, 0.3) is 0 Å². The Labute approximate surface area is 140 Å². The summed E-state index contributed by atoms with van der Waals surface area (Å²) >= 11 is 1.23. The number of nitrogens with zero attached hydrogens (tertiary/aromatic N) is 2. The number of hydrogen-bond donors (Lipinski definition) is 2. The lowest BCUT2D eigenvalue weighted by Gasteiger charge is -2.09. The normalized spacial score (nSPS) is 12.4. The standard InChI is InChI=1S/C16H22N4O2S/c1-9(2)14(17)15-19-20-16(22-15)23-8-13(21)18-12-7-5-6-10(3)11(12)4/h5-7,9,14H,8,17H2,1-4H3,(H,18,21)/p+1/t14-/m0/s1. The highest BCUT2D eigenvalue weighted by molar-refractivity contribution is 7.99. The van der Waals surface area contributed by atoms with Crippen molar-refractivity contribution in [1.82, 2.24) is 10.2 Å². The number of hydrogen-bond acceptors (Lipinski definition) is 5. The predicted octanol–water partition coefficient (Wildman–Crippen LogP) is 2.36. The first-order chi connectivity index (χ1) is 10.9. The quantitative estimate of drug-likeness (QED) is 0.790. The third-order valence-electron chi connectivity index (χ3n) is 3.75. The first-order valence-electron chi connectivity index (χ1n) is 7.53. The highest BCUT2D eigenvalue weighted by Crippen LogP contribution is 2.22. The zero-order chi connectivity index (χ0) is 17.0. The lowest BCUT2D eigenvalue weighted by atomic mass is 10.1. The van der Waals surface area contributed by atoms with Gasteiger partial charge in [-0.1, -0.05) is 37.7 Å². The van der Waals surface area contributed by atoms with Crippen molar-refractivity contribution in [3.05, 3.63) is 35.2 Å². The molecule has 1 atom stereocenters. The summed E-state index contributed by atoms with van der Waals surface area (Å²) in [4.78, 5) is 12.1. The molecule has 1 aromatic carbocycles. The topological polar surface area (TPSA) is 95.7 Å². The van der Waals surface area contributed by atoms with Crippen molar-refractivity contribution in [3.8, 4) is 0 Å². The van der Waals surface area contributed by atoms with Crippen molar-refractivity contribution < 1.29 is 14.9 Å². The van der Waals surface area contributed by atoms with Crippen molar-refractivity contribution in [3.63, 3.8) is 0 Å². The molecule has 0 saturated carbocycles. The number of thioether (sulfide) groups is 1. The van der Waals surface area contributed by atoms with Crippen molar-refractivity contribution in [2.24, 2.45) is 5.92 Å². The summed E-state index contributed by atoms with van der Waals surface area (Å²) in [7, 11) is 0. The molecule has 0 aliphatic rings. The van der Waals surface area contributed by atoms with Crippen LogP contribution in [0.1, 0.15) is 36.9 Å². The molecule has 2 aromatic rings. The van der Waals surface area contributed by atoms with E-state index < -0.39 is 0 Å². The Kier molecular flexibility index (Phi) is 5.79. The fraction of sp³-hybridized carbons (Fsp3) is 0.438. The Morgan fingerprint density at radius 3 is 2.78 bits per heavy atom. The summed E-state index contributed by atoms with van der Waals surface area (Å²) < 4.78 is 5.55. The highest BCUT2D eigenvalue weighted by atomic mass is 32.2. The van der Waals surface area contributed by atoms with E-state index in [1.165, 1.54) is 11.8 Å². The molecule has 0 bridgehead atoms. The number of anilines is 1. The summed E-state index contributed by atoms with van der Waals surface area (Å²) in [6.45, 7) is 8.10. The molecule has 0 aliphatic carbocycles. The van der Waals surface area contributed by atoms with E-state index >= 15 is 0 Å². The summed E-state index contributed by atoms with van der Waals surface area (Å²) in [6.07, 6.45) is 0. The number of aromatic nitrogens is 2. The zero-order valence-electron chi connectivity index (χ0n) is 13.9. The fourth-order valence-electron chi connectivity index (χ4n) is 1.91. The minimum absolute atomic E-state index is 0.0411. The van der Waals surface area contributed by atoms with Gasteiger partial charge in [-0.05, 0) is 31.0 Å². The average Bonchev–Trinajstić information content (AvgIpc) is 2.98. The number of carbonyl (C=O) groups is 1. The number of carbonyl (C=O) groups excluding carboxylic acids is 1. The van der Waals surface area contributed by atoms with Gasteiger partial charge in [-0.25, -0.2) is 0 Å². The maximum Gasteiger partial charge on any atom is 0.277 e. The van der Waals surface area contributed by atoms with E-state index in [-0.39, 0.29) is 17.7 Å². The van der Waals surface area contributed by atoms with Gasteiger partial charge in [-0.15, -0.1) is 10.2 Å². The largest absolute Gasteiger partial charge is 0.410 e. The molecule has 1 amide bonds. The van der Waals surface area contributed by atoms with Crippen LogP contribution in [-0.4, -0.2) is 21.9 Å². The third-order valence-corrected chi connectivity index (χ3v) is 4.57. The van der Waals surface area contributed by atoms with E-state index in [2.05, 4.69) is 21.2 Å². The van der Waals surface area contributed by atoms with Crippen LogP contribution in [0.3, 0.4) is 0 Å². The molecule has 0 fully saturated rings. The smallest absolute Gasteiger partial charge is 0.277 e. The Hall–Kier alpha value is -1.86. The van der Waals surface area contributed by atoms with Gasteiger partial charge in [0.2, 0.25) is 5.91 Å². The van der Waals surface area contributed by atoms with Gasteiger partial charge in [0.05, 0.1) is 5.75 Å². The Morgan fingerprint density at radius 1 is 1.35 bits per heavy atom. The number of benzene rings is 1. The van der Waals surface area contributed by atoms with E-state index in [0.717, 1.165) is 16.8 Å². The monoisotopic (exact) mass is 335 g/mol. The zero-order valence-corrected chi connectivity index (χ0v) is 14.7. The lowest BCUT2D eigenvalue weighted by molar-refractivity contribution is -0.443. The molecule has 0 unspecified atom stereocenters. The first-order valence-corrected chi connectivity index (χ1v) is 8.52. The number of quaternary nitrogens is 1. The highest BCUT2D eigenvalue weighted by Gasteiger charge is 2.21. The maximum absolute atomic E-state index is 12.1. The van der Waals surface area contributed by atoms with Crippen molar-refractivity contribution in [1.29, 1.82) is 0 Å². The SMILES string of the molecule is Cc1cccc(NC(=O)CSc2nnc([C@@H]([NH3+])C(C)C)o2)c1C. The molecule has 1 aromatic heterocycles. The minimum Gasteiger partial charge on any atom is -0.410 e. The fourth-order valence-corrected chi connectivity index (χ4v) is 2.48. The summed E-state index contributed by atoms with van der Waals surface area (Å²) in [5.74, 6) is 0.954. The van der Waals surface area contributed by atoms with E-state index in [9.17, 15) is 4.79 Å². The number of nitrogens with one attached hydrogen (secondary N) is 1. The molecule has 0 aliphatic heterocycles. The first kappa shape index (κ1) is 17.5. The van der Waals surface area contributed by atoms with E-state index in [1.807, 2.05) is 45.9 Å². The van der Waals surface area contributed by atoms with E-state index in [0.29, 0.717) is 17.0 Å². The van der Waals surface area contributed by atoms with Gasteiger partial charge >= 0.3 is 0 Å². The average molecular weight is 335 g/mol. The maximum atomic E-state index is 12.1. The third kappa shape index (κ3) is 4.56. The van der Waals surface area contributed by atoms with E-state index in [1.54, 1.807) is 0 Å². The second kappa shape index (κ2) is 7.61. The van der Waals surface area contributed by atoms with Crippen LogP contribution in [0.5, 0.6) is 0 Å². The molecule has 4 N–H and O–H groups in total. The molecular weight excluding hydrogens is 312 g/mol. The number of rotatable bonds is 6. The molecule has 6 nitrogen and oxygen atoms in total. The molecule has 7 heteroatoms. The van der Waals surface area contributed by atoms with Crippen LogP contribution >= 0.6 is 11.8 Å². The van der Waals surface area contributed by atoms with Crippen LogP contribution < -0.4 is 11.1 Å². The Balaban J connectivity index is 1.91. The van der Waals surface area contributed by atoms with Gasteiger partial charge in [0.15, 0.2) is 6.04 Å². The molecule has 1 heterocycles. The second-order valence-electron chi connectivity index (χ2n) is 5.84. The summed E-state index contributed by atoms with van der Waals surface area (Å²) in [6, 6.07) is 5.80. The molecule has 23 heavy (non-hydrogen) atoms. The van der Waals surface area contributed by atoms with Crippen LogP contribution in [0, 0.1) is 19.8 Å². The number of amides is 1. The van der Waals surface area contributed by atoms with Crippen molar-refractivity contribution in [2.45, 2.75) is 39.0 Å². The van der Waals surface area contributed by atoms with Gasteiger partial charge in [0.1, 0.15) is 0 Å². The molecule has 124 valence electrons. The second-order valence-corrected chi connectivity index (χ2v) is 6.77. The van der Waals surface area contributed by atoms with Crippen LogP contribution in [0.4, 0.5) is 5.69 Å². The minimum atomic E-state index is -0.0986.